The van der Waals surface area contributed by atoms with Crippen LogP contribution < -0.4 is 5.66 Å². The Morgan fingerprint density at radius 3 is 2.92 bits per heavy atom. The summed E-state index contributed by atoms with van der Waals surface area (Å²) in [6, 6.07) is 1.33. The molecule has 0 aromatic carbocycles. The van der Waals surface area contributed by atoms with E-state index in [0.717, 1.165) is 0 Å². The van der Waals surface area contributed by atoms with E-state index in [0.29, 0.717) is 0 Å². The van der Waals surface area contributed by atoms with E-state index in [-0.39, 0.29) is 17.8 Å². The highest BCUT2D eigenvalue weighted by molar-refractivity contribution is 6.58. The number of carbonyl (C=O) groups is 1. The van der Waals surface area contributed by atoms with Crippen LogP contribution in [0.2, 0.25) is 0 Å². The lowest BCUT2D eigenvalue weighted by Gasteiger charge is -2.00. The molecule has 0 bridgehead atoms. The third-order valence-corrected chi connectivity index (χ3v) is 1.43. The molecule has 1 aromatic heterocycles. The highest BCUT2D eigenvalue weighted by Gasteiger charge is 2.24. The average molecular weight is 184 g/mol. The summed E-state index contributed by atoms with van der Waals surface area (Å²) in [6.45, 7) is 1.89. The maximum absolute atomic E-state index is 11.1. The molecule has 5 nitrogen and oxygen atoms in total. The zero-order valence-corrected chi connectivity index (χ0v) is 7.06. The fraction of sp³-hybridized carbons (Fsp3) is 0.286. The Labute approximate surface area is 75.1 Å². The van der Waals surface area contributed by atoms with Gasteiger partial charge in [-0.2, -0.15) is 0 Å². The predicted octanol–water partition coefficient (Wildman–Crippen LogP) is -0.864. The van der Waals surface area contributed by atoms with E-state index in [4.69, 9.17) is 14.5 Å². The topological polar surface area (TPSA) is 79.9 Å². The Bertz CT molecular complexity index is 293. The van der Waals surface area contributed by atoms with Crippen LogP contribution in [0.5, 0.6) is 0 Å². The lowest BCUT2D eigenvalue weighted by molar-refractivity contribution is 0.0527. The van der Waals surface area contributed by atoms with E-state index in [2.05, 4.69) is 4.74 Å². The third-order valence-electron chi connectivity index (χ3n) is 1.43. The summed E-state index contributed by atoms with van der Waals surface area (Å²) in [4.78, 5) is 11.1. The number of hydrogen-bond donors (Lipinski definition) is 2. The van der Waals surface area contributed by atoms with Crippen molar-refractivity contribution in [2.75, 3.05) is 6.61 Å². The molecule has 1 aromatic rings. The molecule has 70 valence electrons. The van der Waals surface area contributed by atoms with Crippen molar-refractivity contribution in [3.8, 4) is 0 Å². The van der Waals surface area contributed by atoms with Crippen LogP contribution in [-0.2, 0) is 4.74 Å². The van der Waals surface area contributed by atoms with Crippen molar-refractivity contribution in [3.05, 3.63) is 17.9 Å². The monoisotopic (exact) mass is 184 g/mol. The van der Waals surface area contributed by atoms with Crippen LogP contribution in [-0.4, -0.2) is 29.7 Å². The second-order valence-electron chi connectivity index (χ2n) is 2.29. The second kappa shape index (κ2) is 4.11. The molecule has 0 amide bonds. The fourth-order valence-electron chi connectivity index (χ4n) is 0.898. The Kier molecular flexibility index (Phi) is 3.10. The molecule has 0 unspecified atom stereocenters. The molecule has 1 rings (SSSR count). The van der Waals surface area contributed by atoms with E-state index >= 15 is 0 Å². The summed E-state index contributed by atoms with van der Waals surface area (Å²) in [7, 11) is -1.80. The standard InChI is InChI=1S/C7H9BO5/c1-2-12-7(9)5-3-4-13-6(5)8(10)11/h3-4,10-11H,2H2,1H3. The molecule has 6 heteroatoms. The molecular formula is C7H9BO5. The molecule has 0 saturated carbocycles. The van der Waals surface area contributed by atoms with Crippen LogP contribution in [0, 0.1) is 0 Å². The van der Waals surface area contributed by atoms with E-state index in [1.807, 2.05) is 0 Å². The maximum atomic E-state index is 11.1. The number of ether oxygens (including phenoxy) is 1. The van der Waals surface area contributed by atoms with Gasteiger partial charge in [-0.25, -0.2) is 4.79 Å². The minimum Gasteiger partial charge on any atom is -0.472 e. The molecule has 0 atom stereocenters. The summed E-state index contributed by atoms with van der Waals surface area (Å²) in [6.07, 6.45) is 1.20. The number of furan rings is 1. The first-order valence-electron chi connectivity index (χ1n) is 3.77. The first kappa shape index (κ1) is 9.82. The summed E-state index contributed by atoms with van der Waals surface area (Å²) >= 11 is 0. The molecular weight excluding hydrogens is 175 g/mol. The van der Waals surface area contributed by atoms with Crippen molar-refractivity contribution in [1.29, 1.82) is 0 Å². The molecule has 0 aliphatic rings. The SMILES string of the molecule is CCOC(=O)c1ccoc1B(O)O. The van der Waals surface area contributed by atoms with E-state index in [1.165, 1.54) is 12.3 Å². The lowest BCUT2D eigenvalue weighted by Crippen LogP contribution is -2.33. The lowest BCUT2D eigenvalue weighted by atomic mass is 9.84. The van der Waals surface area contributed by atoms with Gasteiger partial charge in [-0.15, -0.1) is 0 Å². The normalized spacial score (nSPS) is 9.77. The molecule has 0 radical (unpaired) electrons. The van der Waals surface area contributed by atoms with Crippen molar-refractivity contribution in [3.63, 3.8) is 0 Å². The zero-order valence-electron chi connectivity index (χ0n) is 7.06. The van der Waals surface area contributed by atoms with Gasteiger partial charge in [0.2, 0.25) is 0 Å². The van der Waals surface area contributed by atoms with Crippen molar-refractivity contribution in [2.45, 2.75) is 6.92 Å². The largest absolute Gasteiger partial charge is 0.527 e. The summed E-state index contributed by atoms with van der Waals surface area (Å²) < 4.78 is 9.35. The predicted molar refractivity (Wildman–Crippen MR) is 44.5 cm³/mol. The minimum atomic E-state index is -1.80. The molecule has 0 fully saturated rings. The quantitative estimate of drug-likeness (QED) is 0.471. The zero-order chi connectivity index (χ0) is 9.84. The van der Waals surface area contributed by atoms with Gasteiger partial charge in [-0.3, -0.25) is 0 Å². The van der Waals surface area contributed by atoms with Crippen LogP contribution in [0.15, 0.2) is 16.7 Å². The van der Waals surface area contributed by atoms with Crippen LogP contribution in [0.3, 0.4) is 0 Å². The summed E-state index contributed by atoms with van der Waals surface area (Å²) in [5.74, 6) is -0.626. The molecule has 13 heavy (non-hydrogen) atoms. The van der Waals surface area contributed by atoms with Crippen molar-refractivity contribution in [1.82, 2.24) is 0 Å². The Balaban J connectivity index is 2.87. The van der Waals surface area contributed by atoms with Crippen LogP contribution >= 0.6 is 0 Å². The molecule has 0 aliphatic heterocycles. The van der Waals surface area contributed by atoms with Gasteiger partial charge in [0, 0.05) is 0 Å². The number of esters is 1. The smallest absolute Gasteiger partial charge is 0.472 e. The maximum Gasteiger partial charge on any atom is 0.527 e. The van der Waals surface area contributed by atoms with Gasteiger partial charge >= 0.3 is 13.1 Å². The summed E-state index contributed by atoms with van der Waals surface area (Å²) in [5, 5.41) is 17.5. The summed E-state index contributed by atoms with van der Waals surface area (Å²) in [5.41, 5.74) is -0.157. The first-order valence-corrected chi connectivity index (χ1v) is 3.77. The van der Waals surface area contributed by atoms with Gasteiger partial charge in [-0.1, -0.05) is 0 Å². The fourth-order valence-corrected chi connectivity index (χ4v) is 0.898. The number of carbonyl (C=O) groups excluding carboxylic acids is 1. The molecule has 1 heterocycles. The molecule has 0 spiro atoms. The van der Waals surface area contributed by atoms with E-state index < -0.39 is 13.1 Å². The van der Waals surface area contributed by atoms with Gasteiger partial charge in [0.1, 0.15) is 5.66 Å². The van der Waals surface area contributed by atoms with Gasteiger partial charge in [-0.05, 0) is 13.0 Å². The van der Waals surface area contributed by atoms with Crippen LogP contribution in [0.4, 0.5) is 0 Å². The average Bonchev–Trinajstić information content (AvgIpc) is 2.52. The molecule has 0 saturated heterocycles. The van der Waals surface area contributed by atoms with Crippen molar-refractivity contribution >= 4 is 18.7 Å². The Morgan fingerprint density at radius 1 is 1.69 bits per heavy atom. The Hall–Kier alpha value is -1.27. The van der Waals surface area contributed by atoms with E-state index in [9.17, 15) is 4.79 Å². The molecule has 0 aliphatic carbocycles. The number of hydrogen-bond acceptors (Lipinski definition) is 5. The van der Waals surface area contributed by atoms with Gasteiger partial charge in [0.05, 0.1) is 18.4 Å². The van der Waals surface area contributed by atoms with E-state index in [1.54, 1.807) is 6.92 Å². The Morgan fingerprint density at radius 2 is 2.38 bits per heavy atom. The van der Waals surface area contributed by atoms with Gasteiger partial charge < -0.3 is 19.2 Å². The molecule has 2 N–H and O–H groups in total. The van der Waals surface area contributed by atoms with Crippen molar-refractivity contribution in [2.24, 2.45) is 0 Å². The van der Waals surface area contributed by atoms with Crippen molar-refractivity contribution < 1.29 is 24.0 Å². The second-order valence-corrected chi connectivity index (χ2v) is 2.29. The first-order chi connectivity index (χ1) is 6.16. The number of rotatable bonds is 3. The highest BCUT2D eigenvalue weighted by Crippen LogP contribution is 2.00. The van der Waals surface area contributed by atoms with Crippen LogP contribution in [0.25, 0.3) is 0 Å². The van der Waals surface area contributed by atoms with Crippen LogP contribution in [0.1, 0.15) is 17.3 Å². The minimum absolute atomic E-state index is 0.0388. The van der Waals surface area contributed by atoms with Gasteiger partial charge in [0.25, 0.3) is 0 Å². The highest BCUT2D eigenvalue weighted by atomic mass is 16.5. The third kappa shape index (κ3) is 2.10. The van der Waals surface area contributed by atoms with Gasteiger partial charge in [0.15, 0.2) is 0 Å².